The maximum Gasteiger partial charge on any atom is 0.313 e. The summed E-state index contributed by atoms with van der Waals surface area (Å²) in [4.78, 5) is 25.9. The Labute approximate surface area is 205 Å². The maximum absolute atomic E-state index is 12.7. The van der Waals surface area contributed by atoms with E-state index in [0.717, 1.165) is 24.8 Å². The lowest BCUT2D eigenvalue weighted by Gasteiger charge is -2.17. The van der Waals surface area contributed by atoms with Gasteiger partial charge in [-0.1, -0.05) is 18.7 Å². The Morgan fingerprint density at radius 3 is 3.03 bits per heavy atom. The molecule has 0 aromatic carbocycles. The summed E-state index contributed by atoms with van der Waals surface area (Å²) < 4.78 is 12.2. The minimum absolute atomic E-state index is 0.0288. The molecular formula is C23H25N5O4S2. The van der Waals surface area contributed by atoms with Gasteiger partial charge in [-0.2, -0.15) is 5.26 Å². The Morgan fingerprint density at radius 2 is 2.29 bits per heavy atom. The maximum atomic E-state index is 12.7. The first-order valence-corrected chi connectivity index (χ1v) is 12.9. The Kier molecular flexibility index (Phi) is 7.70. The van der Waals surface area contributed by atoms with E-state index in [9.17, 15) is 14.9 Å². The van der Waals surface area contributed by atoms with Crippen LogP contribution in [0.4, 0.5) is 5.00 Å². The molecule has 1 amide bonds. The third-order valence-corrected chi connectivity index (χ3v) is 7.64. The van der Waals surface area contributed by atoms with Crippen LogP contribution in [-0.2, 0) is 40.1 Å². The van der Waals surface area contributed by atoms with E-state index in [4.69, 9.17) is 9.15 Å². The monoisotopic (exact) mass is 499 g/mol. The second kappa shape index (κ2) is 10.9. The van der Waals surface area contributed by atoms with E-state index in [0.29, 0.717) is 39.8 Å². The molecule has 3 aromatic heterocycles. The molecule has 11 heteroatoms. The molecular weight excluding hydrogens is 474 g/mol. The number of rotatable bonds is 9. The van der Waals surface area contributed by atoms with Crippen LogP contribution in [-0.4, -0.2) is 39.0 Å². The summed E-state index contributed by atoms with van der Waals surface area (Å²) in [5.74, 6) is 1.15. The van der Waals surface area contributed by atoms with Crippen molar-refractivity contribution in [2.75, 3.05) is 17.7 Å². The number of fused-ring (bicyclic) bond motifs is 1. The van der Waals surface area contributed by atoms with Crippen LogP contribution < -0.4 is 5.32 Å². The number of hydrogen-bond donors (Lipinski definition) is 1. The topological polar surface area (TPSA) is 123 Å². The number of carbonyl (C=O) groups is 2. The van der Waals surface area contributed by atoms with Gasteiger partial charge in [-0.05, 0) is 49.8 Å². The quantitative estimate of drug-likeness (QED) is 0.348. The molecule has 1 N–H and O–H groups in total. The van der Waals surface area contributed by atoms with Crippen molar-refractivity contribution in [2.24, 2.45) is 5.92 Å². The van der Waals surface area contributed by atoms with E-state index in [2.05, 4.69) is 28.5 Å². The predicted octanol–water partition coefficient (Wildman–Crippen LogP) is 3.81. The average molecular weight is 500 g/mol. The predicted molar refractivity (Wildman–Crippen MR) is 128 cm³/mol. The molecule has 34 heavy (non-hydrogen) atoms. The van der Waals surface area contributed by atoms with E-state index >= 15 is 0 Å². The third-order valence-electron chi connectivity index (χ3n) is 5.50. The summed E-state index contributed by atoms with van der Waals surface area (Å²) in [6.07, 6.45) is 4.41. The molecule has 178 valence electrons. The van der Waals surface area contributed by atoms with Gasteiger partial charge in [0.1, 0.15) is 29.1 Å². The molecule has 0 saturated heterocycles. The lowest BCUT2D eigenvalue weighted by molar-refractivity contribution is -0.142. The molecule has 0 radical (unpaired) electrons. The van der Waals surface area contributed by atoms with Crippen molar-refractivity contribution in [3.8, 4) is 6.07 Å². The van der Waals surface area contributed by atoms with Crippen molar-refractivity contribution in [1.29, 1.82) is 5.26 Å². The summed E-state index contributed by atoms with van der Waals surface area (Å²) in [6.45, 7) is 4.56. The van der Waals surface area contributed by atoms with Gasteiger partial charge in [0, 0.05) is 4.88 Å². The number of furan rings is 1. The van der Waals surface area contributed by atoms with Crippen LogP contribution in [0.3, 0.4) is 0 Å². The second-order valence-corrected chi connectivity index (χ2v) is 10.1. The van der Waals surface area contributed by atoms with Gasteiger partial charge in [0.25, 0.3) is 0 Å². The fourth-order valence-corrected chi connectivity index (χ4v) is 6.00. The molecule has 0 fully saturated rings. The first-order chi connectivity index (χ1) is 16.5. The number of nitrogens with zero attached hydrogens (tertiary/aromatic N) is 4. The van der Waals surface area contributed by atoms with Crippen LogP contribution in [0, 0.1) is 17.2 Å². The zero-order chi connectivity index (χ0) is 24.1. The van der Waals surface area contributed by atoms with Gasteiger partial charge in [0.05, 0.1) is 30.7 Å². The van der Waals surface area contributed by atoms with Gasteiger partial charge in [-0.15, -0.1) is 21.5 Å². The SMILES string of the molecule is CCOC(=O)Cc1nnc(SCC(=O)Nc2sc3c(c2C#N)CCC(C)C3)n1Cc1ccco1. The van der Waals surface area contributed by atoms with E-state index in [1.807, 2.05) is 6.07 Å². The number of nitrogens with one attached hydrogen (secondary N) is 1. The molecule has 3 aromatic rings. The average Bonchev–Trinajstić information content (AvgIpc) is 3.52. The Bertz CT molecular complexity index is 1210. The number of thiophene rings is 1. The molecule has 0 spiro atoms. The molecule has 4 rings (SSSR count). The van der Waals surface area contributed by atoms with Gasteiger partial charge in [0.15, 0.2) is 5.16 Å². The molecule has 1 aliphatic rings. The molecule has 0 saturated carbocycles. The zero-order valence-electron chi connectivity index (χ0n) is 19.0. The van der Waals surface area contributed by atoms with E-state index in [-0.39, 0.29) is 24.7 Å². The summed E-state index contributed by atoms with van der Waals surface area (Å²) in [6, 6.07) is 5.87. The number of carbonyl (C=O) groups excluding carboxylic acids is 2. The highest BCUT2D eigenvalue weighted by atomic mass is 32.2. The van der Waals surface area contributed by atoms with Crippen molar-refractivity contribution in [2.45, 2.75) is 51.2 Å². The fraction of sp³-hybridized carbons (Fsp3) is 0.435. The van der Waals surface area contributed by atoms with Crippen LogP contribution in [0.2, 0.25) is 0 Å². The number of nitriles is 1. The number of ether oxygens (including phenoxy) is 1. The van der Waals surface area contributed by atoms with Gasteiger partial charge < -0.3 is 14.5 Å². The van der Waals surface area contributed by atoms with Crippen molar-refractivity contribution in [3.05, 3.63) is 46.0 Å². The first-order valence-electron chi connectivity index (χ1n) is 11.1. The van der Waals surface area contributed by atoms with E-state index in [1.165, 1.54) is 28.0 Å². The highest BCUT2D eigenvalue weighted by Gasteiger charge is 2.25. The fourth-order valence-electron chi connectivity index (χ4n) is 3.86. The lowest BCUT2D eigenvalue weighted by atomic mass is 9.89. The third kappa shape index (κ3) is 5.51. The van der Waals surface area contributed by atoms with Gasteiger partial charge in [0.2, 0.25) is 5.91 Å². The largest absolute Gasteiger partial charge is 0.467 e. The van der Waals surface area contributed by atoms with Crippen LogP contribution in [0.1, 0.15) is 47.9 Å². The highest BCUT2D eigenvalue weighted by molar-refractivity contribution is 7.99. The van der Waals surface area contributed by atoms with E-state index < -0.39 is 5.97 Å². The molecule has 0 aliphatic heterocycles. The Hall–Kier alpha value is -3.10. The van der Waals surface area contributed by atoms with Gasteiger partial charge in [-0.25, -0.2) is 0 Å². The Balaban J connectivity index is 1.46. The van der Waals surface area contributed by atoms with Crippen LogP contribution >= 0.6 is 23.1 Å². The standard InChI is InChI=1S/C23H25N5O4S2/c1-3-31-21(30)10-19-26-27-23(28(19)12-15-5-4-8-32-15)33-13-20(29)25-22-17(11-24)16-7-6-14(2)9-18(16)34-22/h4-5,8,14H,3,6-7,9-10,12-13H2,1-2H3,(H,25,29). The van der Waals surface area contributed by atoms with Gasteiger partial charge in [-0.3, -0.25) is 14.2 Å². The number of aromatic nitrogens is 3. The van der Waals surface area contributed by atoms with Crippen LogP contribution in [0.25, 0.3) is 0 Å². The summed E-state index contributed by atoms with van der Waals surface area (Å²) in [5, 5.41) is 22.0. The van der Waals surface area contributed by atoms with Crippen molar-refractivity contribution in [1.82, 2.24) is 14.8 Å². The van der Waals surface area contributed by atoms with Crippen molar-refractivity contribution >= 4 is 40.0 Å². The lowest BCUT2D eigenvalue weighted by Crippen LogP contribution is -2.16. The van der Waals surface area contributed by atoms with Crippen LogP contribution in [0.5, 0.6) is 0 Å². The molecule has 1 unspecified atom stereocenters. The first kappa shape index (κ1) is 24.0. The number of amides is 1. The number of esters is 1. The number of hydrogen-bond acceptors (Lipinski definition) is 9. The number of anilines is 1. The summed E-state index contributed by atoms with van der Waals surface area (Å²) >= 11 is 2.71. The number of thioether (sulfide) groups is 1. The normalized spacial score (nSPS) is 14.9. The minimum atomic E-state index is -0.398. The highest BCUT2D eigenvalue weighted by Crippen LogP contribution is 2.39. The molecule has 9 nitrogen and oxygen atoms in total. The van der Waals surface area contributed by atoms with Crippen molar-refractivity contribution in [3.63, 3.8) is 0 Å². The summed E-state index contributed by atoms with van der Waals surface area (Å²) in [7, 11) is 0. The molecule has 3 heterocycles. The minimum Gasteiger partial charge on any atom is -0.467 e. The summed E-state index contributed by atoms with van der Waals surface area (Å²) in [5.41, 5.74) is 1.67. The molecule has 1 aliphatic carbocycles. The van der Waals surface area contributed by atoms with Crippen molar-refractivity contribution < 1.29 is 18.7 Å². The van der Waals surface area contributed by atoms with E-state index in [1.54, 1.807) is 23.8 Å². The smallest absolute Gasteiger partial charge is 0.313 e. The molecule has 0 bridgehead atoms. The van der Waals surface area contributed by atoms with Crippen LogP contribution in [0.15, 0.2) is 28.0 Å². The second-order valence-electron chi connectivity index (χ2n) is 8.05. The van der Waals surface area contributed by atoms with Gasteiger partial charge >= 0.3 is 5.97 Å². The zero-order valence-corrected chi connectivity index (χ0v) is 20.6. The molecule has 1 atom stereocenters. The Morgan fingerprint density at radius 1 is 1.44 bits per heavy atom.